The maximum absolute atomic E-state index is 14.2. The number of hydrogen-bond acceptors (Lipinski definition) is 3. The second-order valence-corrected chi connectivity index (χ2v) is 7.85. The molecule has 0 aliphatic heterocycles. The molecule has 0 aliphatic carbocycles. The molecular formula is C17H10F6N2O2S. The summed E-state index contributed by atoms with van der Waals surface area (Å²) in [4.78, 5) is -0.643. The zero-order valence-corrected chi connectivity index (χ0v) is 14.7. The van der Waals surface area contributed by atoms with Gasteiger partial charge in [0, 0.05) is 17.9 Å². The largest absolute Gasteiger partial charge is 0.435 e. The third kappa shape index (κ3) is 3.88. The minimum Gasteiger partial charge on any atom is -0.232 e. The highest BCUT2D eigenvalue weighted by Crippen LogP contribution is 2.34. The summed E-state index contributed by atoms with van der Waals surface area (Å²) in [6, 6.07) is 5.26. The van der Waals surface area contributed by atoms with Crippen LogP contribution in [0.4, 0.5) is 26.3 Å². The number of hydrogen-bond donors (Lipinski definition) is 0. The molecular weight excluding hydrogens is 410 g/mol. The van der Waals surface area contributed by atoms with Gasteiger partial charge in [-0.3, -0.25) is 0 Å². The molecule has 3 aromatic rings. The second kappa shape index (κ2) is 6.66. The van der Waals surface area contributed by atoms with Crippen molar-refractivity contribution in [2.75, 3.05) is 6.26 Å². The van der Waals surface area contributed by atoms with Crippen LogP contribution < -0.4 is 0 Å². The lowest BCUT2D eigenvalue weighted by Gasteiger charge is -2.09. The van der Waals surface area contributed by atoms with Crippen LogP contribution in [0.1, 0.15) is 5.69 Å². The highest BCUT2D eigenvalue weighted by Gasteiger charge is 2.35. The van der Waals surface area contributed by atoms with E-state index in [1.807, 2.05) is 0 Å². The quantitative estimate of drug-likeness (QED) is 0.591. The van der Waals surface area contributed by atoms with Crippen molar-refractivity contribution < 1.29 is 34.8 Å². The number of aromatic nitrogens is 2. The fraction of sp³-hybridized carbons (Fsp3) is 0.118. The molecule has 0 atom stereocenters. The summed E-state index contributed by atoms with van der Waals surface area (Å²) >= 11 is 0. The standard InChI is InChI=1S/C17H10F6N2O2S/c1-28(26,27)15-3-2-9(4-13(15)20)14-8-16(17(21,22)23)24-25(14)12-6-10(18)5-11(19)7-12/h2-8H,1H3. The lowest BCUT2D eigenvalue weighted by atomic mass is 10.1. The molecule has 0 unspecified atom stereocenters. The third-order valence-electron chi connectivity index (χ3n) is 3.72. The van der Waals surface area contributed by atoms with E-state index in [1.165, 1.54) is 0 Å². The molecule has 0 fully saturated rings. The molecule has 0 radical (unpaired) electrons. The van der Waals surface area contributed by atoms with Gasteiger partial charge in [-0.1, -0.05) is 6.07 Å². The molecule has 2 aromatic carbocycles. The molecule has 0 N–H and O–H groups in total. The minimum atomic E-state index is -4.88. The van der Waals surface area contributed by atoms with Crippen molar-refractivity contribution in [3.05, 3.63) is 65.6 Å². The van der Waals surface area contributed by atoms with E-state index in [4.69, 9.17) is 0 Å². The number of nitrogens with zero attached hydrogens (tertiary/aromatic N) is 2. The molecule has 148 valence electrons. The van der Waals surface area contributed by atoms with Gasteiger partial charge < -0.3 is 0 Å². The predicted molar refractivity (Wildman–Crippen MR) is 87.0 cm³/mol. The summed E-state index contributed by atoms with van der Waals surface area (Å²) in [6.07, 6.45) is -4.11. The van der Waals surface area contributed by atoms with E-state index in [0.29, 0.717) is 22.9 Å². The smallest absolute Gasteiger partial charge is 0.232 e. The van der Waals surface area contributed by atoms with Gasteiger partial charge in [0.15, 0.2) is 15.5 Å². The third-order valence-corrected chi connectivity index (χ3v) is 4.85. The fourth-order valence-electron chi connectivity index (χ4n) is 2.54. The number of rotatable bonds is 3. The Hall–Kier alpha value is -2.82. The topological polar surface area (TPSA) is 52.0 Å². The van der Waals surface area contributed by atoms with Crippen LogP contribution in [0.3, 0.4) is 0 Å². The number of benzene rings is 2. The molecule has 0 saturated carbocycles. The van der Waals surface area contributed by atoms with Crippen LogP contribution in [0, 0.1) is 17.5 Å². The van der Waals surface area contributed by atoms with Crippen molar-refractivity contribution in [3.8, 4) is 16.9 Å². The first kappa shape index (κ1) is 19.9. The highest BCUT2D eigenvalue weighted by atomic mass is 32.2. The summed E-state index contributed by atoms with van der Waals surface area (Å²) in [7, 11) is -3.90. The fourth-order valence-corrected chi connectivity index (χ4v) is 3.27. The van der Waals surface area contributed by atoms with E-state index in [2.05, 4.69) is 5.10 Å². The average Bonchev–Trinajstić information content (AvgIpc) is 2.98. The van der Waals surface area contributed by atoms with Gasteiger partial charge in [0.05, 0.1) is 11.4 Å². The highest BCUT2D eigenvalue weighted by molar-refractivity contribution is 7.90. The summed E-state index contributed by atoms with van der Waals surface area (Å²) in [5.74, 6) is -3.29. The Morgan fingerprint density at radius 1 is 0.929 bits per heavy atom. The van der Waals surface area contributed by atoms with Crippen LogP contribution in [0.25, 0.3) is 16.9 Å². The van der Waals surface area contributed by atoms with Crippen molar-refractivity contribution in [1.29, 1.82) is 0 Å². The average molecular weight is 420 g/mol. The first-order valence-electron chi connectivity index (χ1n) is 7.50. The molecule has 0 amide bonds. The summed E-state index contributed by atoms with van der Waals surface area (Å²) in [6.45, 7) is 0. The van der Waals surface area contributed by atoms with Crippen molar-refractivity contribution in [2.45, 2.75) is 11.1 Å². The predicted octanol–water partition coefficient (Wildman–Crippen LogP) is 4.38. The summed E-state index contributed by atoms with van der Waals surface area (Å²) < 4.78 is 104. The van der Waals surface area contributed by atoms with Crippen LogP contribution in [-0.4, -0.2) is 24.5 Å². The Labute approximate surface area is 155 Å². The van der Waals surface area contributed by atoms with Crippen LogP contribution >= 0.6 is 0 Å². The number of alkyl halides is 3. The Morgan fingerprint density at radius 2 is 1.54 bits per heavy atom. The monoisotopic (exact) mass is 420 g/mol. The molecule has 0 bridgehead atoms. The first-order valence-corrected chi connectivity index (χ1v) is 9.39. The van der Waals surface area contributed by atoms with E-state index in [9.17, 15) is 34.8 Å². The maximum Gasteiger partial charge on any atom is 0.435 e. The van der Waals surface area contributed by atoms with Crippen LogP contribution in [0.2, 0.25) is 0 Å². The van der Waals surface area contributed by atoms with Gasteiger partial charge >= 0.3 is 6.18 Å². The lowest BCUT2D eigenvalue weighted by molar-refractivity contribution is -0.141. The Kier molecular flexibility index (Phi) is 4.74. The molecule has 0 spiro atoms. The van der Waals surface area contributed by atoms with Gasteiger partial charge in [-0.2, -0.15) is 18.3 Å². The van der Waals surface area contributed by atoms with Crippen LogP contribution in [-0.2, 0) is 16.0 Å². The van der Waals surface area contributed by atoms with Crippen molar-refractivity contribution in [3.63, 3.8) is 0 Å². The number of sulfone groups is 1. The normalized spacial score (nSPS) is 12.4. The Bertz CT molecular complexity index is 1150. The Morgan fingerprint density at radius 3 is 2.04 bits per heavy atom. The zero-order valence-electron chi connectivity index (χ0n) is 13.9. The van der Waals surface area contributed by atoms with E-state index in [-0.39, 0.29) is 16.9 Å². The van der Waals surface area contributed by atoms with Gasteiger partial charge in [0.1, 0.15) is 22.3 Å². The number of halogens is 6. The van der Waals surface area contributed by atoms with Crippen molar-refractivity contribution >= 4 is 9.84 Å². The molecule has 0 aliphatic rings. The molecule has 11 heteroatoms. The minimum absolute atomic E-state index is 0.169. The van der Waals surface area contributed by atoms with E-state index >= 15 is 0 Å². The van der Waals surface area contributed by atoms with Crippen molar-refractivity contribution in [2.24, 2.45) is 0 Å². The molecule has 28 heavy (non-hydrogen) atoms. The van der Waals surface area contributed by atoms with Gasteiger partial charge in [0.25, 0.3) is 0 Å². The SMILES string of the molecule is CS(=O)(=O)c1ccc(-c2cc(C(F)(F)F)nn2-c2cc(F)cc(F)c2)cc1F. The second-order valence-electron chi connectivity index (χ2n) is 5.87. The molecule has 0 saturated heterocycles. The summed E-state index contributed by atoms with van der Waals surface area (Å²) in [5.41, 5.74) is -2.25. The van der Waals surface area contributed by atoms with E-state index in [0.717, 1.165) is 30.5 Å². The van der Waals surface area contributed by atoms with Gasteiger partial charge in [0.2, 0.25) is 0 Å². The maximum atomic E-state index is 14.2. The molecule has 3 rings (SSSR count). The summed E-state index contributed by atoms with van der Waals surface area (Å²) in [5, 5.41) is 3.33. The van der Waals surface area contributed by atoms with Gasteiger partial charge in [-0.15, -0.1) is 0 Å². The first-order chi connectivity index (χ1) is 12.9. The molecule has 4 nitrogen and oxygen atoms in total. The Balaban J connectivity index is 2.26. The van der Waals surface area contributed by atoms with E-state index < -0.39 is 44.1 Å². The molecule has 1 aromatic heterocycles. The molecule has 1 heterocycles. The van der Waals surface area contributed by atoms with E-state index in [1.54, 1.807) is 0 Å². The lowest BCUT2D eigenvalue weighted by Crippen LogP contribution is -2.07. The zero-order chi connectivity index (χ0) is 20.9. The van der Waals surface area contributed by atoms with Crippen LogP contribution in [0.5, 0.6) is 0 Å². The van der Waals surface area contributed by atoms with Gasteiger partial charge in [-0.05, 0) is 30.3 Å². The van der Waals surface area contributed by atoms with Crippen LogP contribution in [0.15, 0.2) is 47.4 Å². The van der Waals surface area contributed by atoms with Gasteiger partial charge in [-0.25, -0.2) is 26.3 Å². The van der Waals surface area contributed by atoms with Crippen molar-refractivity contribution in [1.82, 2.24) is 9.78 Å².